The number of anilines is 1. The highest BCUT2D eigenvalue weighted by molar-refractivity contribution is 7.90. The predicted molar refractivity (Wildman–Crippen MR) is 73.8 cm³/mol. The molecule has 0 aliphatic carbocycles. The number of carbonyl (C=O) groups is 1. The second kappa shape index (κ2) is 6.23. The molecule has 3 N–H and O–H groups in total. The zero-order chi connectivity index (χ0) is 14.6. The molecule has 1 aromatic rings. The lowest BCUT2D eigenvalue weighted by Crippen LogP contribution is -2.32. The summed E-state index contributed by atoms with van der Waals surface area (Å²) in [4.78, 5) is 10.7. The summed E-state index contributed by atoms with van der Waals surface area (Å²) in [5.74, 6) is -0.962. The molecule has 0 saturated heterocycles. The lowest BCUT2D eigenvalue weighted by atomic mass is 10.2. The van der Waals surface area contributed by atoms with Crippen LogP contribution in [0, 0.1) is 5.92 Å². The van der Waals surface area contributed by atoms with Gasteiger partial charge in [-0.05, 0) is 24.1 Å². The second-order valence-corrected chi connectivity index (χ2v) is 6.25. The molecule has 0 saturated carbocycles. The van der Waals surface area contributed by atoms with Gasteiger partial charge in [-0.1, -0.05) is 25.4 Å². The van der Waals surface area contributed by atoms with Gasteiger partial charge < -0.3 is 5.11 Å². The van der Waals surface area contributed by atoms with Gasteiger partial charge in [0.15, 0.2) is 0 Å². The number of aromatic carboxylic acids is 1. The summed E-state index contributed by atoms with van der Waals surface area (Å²) in [5, 5.41) is 8.79. The molecule has 0 aliphatic rings. The molecule has 0 atom stereocenters. The third kappa shape index (κ3) is 5.06. The van der Waals surface area contributed by atoms with Gasteiger partial charge in [0.1, 0.15) is 0 Å². The van der Waals surface area contributed by atoms with Crippen LogP contribution in [-0.4, -0.2) is 26.0 Å². The van der Waals surface area contributed by atoms with Gasteiger partial charge in [-0.25, -0.2) is 4.79 Å². The van der Waals surface area contributed by atoms with E-state index >= 15 is 0 Å². The van der Waals surface area contributed by atoms with Gasteiger partial charge in [0, 0.05) is 6.54 Å². The third-order valence-electron chi connectivity index (χ3n) is 2.14. The molecule has 0 spiro atoms. The zero-order valence-corrected chi connectivity index (χ0v) is 12.0. The average Bonchev–Trinajstić information content (AvgIpc) is 2.29. The van der Waals surface area contributed by atoms with E-state index in [-0.39, 0.29) is 22.2 Å². The van der Waals surface area contributed by atoms with Crippen LogP contribution in [0.1, 0.15) is 24.2 Å². The Bertz CT molecular complexity index is 572. The van der Waals surface area contributed by atoms with Crippen LogP contribution in [0.15, 0.2) is 18.2 Å². The van der Waals surface area contributed by atoms with E-state index in [9.17, 15) is 13.2 Å². The molecular weight excluding hydrogens is 292 g/mol. The minimum atomic E-state index is -3.72. The fourth-order valence-corrected chi connectivity index (χ4v) is 2.56. The van der Waals surface area contributed by atoms with Gasteiger partial charge in [0.25, 0.3) is 10.2 Å². The summed E-state index contributed by atoms with van der Waals surface area (Å²) in [6.45, 7) is 4.04. The topological polar surface area (TPSA) is 95.5 Å². The molecule has 0 aliphatic heterocycles. The van der Waals surface area contributed by atoms with Gasteiger partial charge in [0.05, 0.1) is 16.3 Å². The van der Waals surface area contributed by atoms with Crippen molar-refractivity contribution in [1.82, 2.24) is 4.72 Å². The van der Waals surface area contributed by atoms with E-state index in [1.165, 1.54) is 18.2 Å². The standard InChI is InChI=1S/C11H15ClN2O4S/c1-7(2)6-13-19(17,18)14-10-4-3-8(11(15)16)5-9(10)12/h3-5,7,13-14H,6H2,1-2H3,(H,15,16). The maximum atomic E-state index is 11.7. The number of hydrogen-bond acceptors (Lipinski definition) is 3. The van der Waals surface area contributed by atoms with Crippen molar-refractivity contribution in [2.75, 3.05) is 11.3 Å². The quantitative estimate of drug-likeness (QED) is 0.748. The molecule has 0 bridgehead atoms. The lowest BCUT2D eigenvalue weighted by molar-refractivity contribution is 0.0697. The molecule has 0 heterocycles. The van der Waals surface area contributed by atoms with Gasteiger partial charge in [-0.3, -0.25) is 4.72 Å². The van der Waals surface area contributed by atoms with Crippen molar-refractivity contribution in [2.45, 2.75) is 13.8 Å². The van der Waals surface area contributed by atoms with Gasteiger partial charge in [-0.2, -0.15) is 13.1 Å². The number of carboxylic acids is 1. The van der Waals surface area contributed by atoms with Crippen molar-refractivity contribution in [1.29, 1.82) is 0 Å². The monoisotopic (exact) mass is 306 g/mol. The molecule has 0 radical (unpaired) electrons. The van der Waals surface area contributed by atoms with Crippen molar-refractivity contribution in [3.05, 3.63) is 28.8 Å². The van der Waals surface area contributed by atoms with Crippen LogP contribution in [0.2, 0.25) is 5.02 Å². The molecule has 6 nitrogen and oxygen atoms in total. The van der Waals surface area contributed by atoms with Crippen molar-refractivity contribution in [3.8, 4) is 0 Å². The van der Waals surface area contributed by atoms with Crippen LogP contribution in [-0.2, 0) is 10.2 Å². The fourth-order valence-electron chi connectivity index (χ4n) is 1.19. The zero-order valence-electron chi connectivity index (χ0n) is 10.5. The summed E-state index contributed by atoms with van der Waals surface area (Å²) in [6, 6.07) is 3.76. The number of carboxylic acid groups (broad SMARTS) is 1. The maximum absolute atomic E-state index is 11.7. The first-order valence-corrected chi connectivity index (χ1v) is 7.37. The van der Waals surface area contributed by atoms with E-state index in [1.54, 1.807) is 0 Å². The van der Waals surface area contributed by atoms with E-state index in [2.05, 4.69) is 9.44 Å². The Balaban J connectivity index is 2.85. The minimum Gasteiger partial charge on any atom is -0.478 e. The molecule has 0 amide bonds. The van der Waals surface area contributed by atoms with E-state index in [0.717, 1.165) is 0 Å². The third-order valence-corrected chi connectivity index (χ3v) is 3.49. The summed E-state index contributed by atoms with van der Waals surface area (Å²) in [6.07, 6.45) is 0. The summed E-state index contributed by atoms with van der Waals surface area (Å²) in [7, 11) is -3.72. The highest BCUT2D eigenvalue weighted by atomic mass is 35.5. The van der Waals surface area contributed by atoms with Crippen LogP contribution in [0.5, 0.6) is 0 Å². The normalized spacial score (nSPS) is 11.6. The smallest absolute Gasteiger partial charge is 0.335 e. The molecule has 106 valence electrons. The van der Waals surface area contributed by atoms with Crippen LogP contribution in [0.4, 0.5) is 5.69 Å². The van der Waals surface area contributed by atoms with Crippen molar-refractivity contribution in [2.24, 2.45) is 5.92 Å². The number of benzene rings is 1. The molecule has 0 aromatic heterocycles. The Hall–Kier alpha value is -1.31. The lowest BCUT2D eigenvalue weighted by Gasteiger charge is -2.12. The van der Waals surface area contributed by atoms with Crippen molar-refractivity contribution in [3.63, 3.8) is 0 Å². The molecule has 8 heteroatoms. The molecule has 19 heavy (non-hydrogen) atoms. The molecule has 1 rings (SSSR count). The minimum absolute atomic E-state index is 0.0110. The first-order chi connectivity index (χ1) is 8.71. The van der Waals surface area contributed by atoms with Gasteiger partial charge in [0.2, 0.25) is 0 Å². The Morgan fingerprint density at radius 3 is 2.53 bits per heavy atom. The van der Waals surface area contributed by atoms with Gasteiger partial charge in [-0.15, -0.1) is 0 Å². The van der Waals surface area contributed by atoms with E-state index in [1.807, 2.05) is 13.8 Å². The van der Waals surface area contributed by atoms with E-state index in [4.69, 9.17) is 16.7 Å². The highest BCUT2D eigenvalue weighted by Crippen LogP contribution is 2.23. The fraction of sp³-hybridized carbons (Fsp3) is 0.364. The second-order valence-electron chi connectivity index (χ2n) is 4.35. The predicted octanol–water partition coefficient (Wildman–Crippen LogP) is 1.94. The SMILES string of the molecule is CC(C)CNS(=O)(=O)Nc1ccc(C(=O)O)cc1Cl. The van der Waals surface area contributed by atoms with Crippen LogP contribution in [0.25, 0.3) is 0 Å². The van der Waals surface area contributed by atoms with Crippen LogP contribution >= 0.6 is 11.6 Å². The Morgan fingerprint density at radius 1 is 1.42 bits per heavy atom. The Kier molecular flexibility index (Phi) is 5.16. The molecule has 1 aromatic carbocycles. The Morgan fingerprint density at radius 2 is 2.05 bits per heavy atom. The average molecular weight is 307 g/mol. The van der Waals surface area contributed by atoms with Crippen molar-refractivity contribution >= 4 is 33.5 Å². The van der Waals surface area contributed by atoms with Crippen LogP contribution in [0.3, 0.4) is 0 Å². The number of hydrogen-bond donors (Lipinski definition) is 3. The van der Waals surface area contributed by atoms with Crippen molar-refractivity contribution < 1.29 is 18.3 Å². The highest BCUT2D eigenvalue weighted by Gasteiger charge is 2.13. The number of halogens is 1. The first-order valence-electron chi connectivity index (χ1n) is 5.51. The van der Waals surface area contributed by atoms with E-state index in [0.29, 0.717) is 6.54 Å². The Labute approximate surface area is 117 Å². The van der Waals surface area contributed by atoms with Gasteiger partial charge >= 0.3 is 5.97 Å². The summed E-state index contributed by atoms with van der Waals surface area (Å²) >= 11 is 5.82. The molecule has 0 fully saturated rings. The largest absolute Gasteiger partial charge is 0.478 e. The summed E-state index contributed by atoms with van der Waals surface area (Å²) in [5.41, 5.74) is 0.117. The van der Waals surface area contributed by atoms with E-state index < -0.39 is 16.2 Å². The number of rotatable bonds is 6. The summed E-state index contributed by atoms with van der Waals surface area (Å²) < 4.78 is 28.0. The number of nitrogens with one attached hydrogen (secondary N) is 2. The maximum Gasteiger partial charge on any atom is 0.335 e. The van der Waals surface area contributed by atoms with Crippen LogP contribution < -0.4 is 9.44 Å². The first kappa shape index (κ1) is 15.7. The molecular formula is C11H15ClN2O4S. The molecule has 0 unspecified atom stereocenters.